The largest absolute Gasteiger partial charge is 0.495 e. The minimum Gasteiger partial charge on any atom is -0.495 e. The van der Waals surface area contributed by atoms with E-state index in [2.05, 4.69) is 17.2 Å². The van der Waals surface area contributed by atoms with Crippen LogP contribution in [0, 0.1) is 5.92 Å². The minimum absolute atomic E-state index is 0.253. The van der Waals surface area contributed by atoms with Gasteiger partial charge in [0.25, 0.3) is 0 Å². The Balaban J connectivity index is 1.94. The molecule has 0 saturated heterocycles. The van der Waals surface area contributed by atoms with Gasteiger partial charge in [0.15, 0.2) is 0 Å². The summed E-state index contributed by atoms with van der Waals surface area (Å²) in [6.45, 7) is 2.88. The Labute approximate surface area is 115 Å². The molecular weight excluding hydrogens is 240 g/mol. The predicted molar refractivity (Wildman–Crippen MR) is 75.3 cm³/mol. The summed E-state index contributed by atoms with van der Waals surface area (Å²) in [5.41, 5.74) is 1.01. The molecule has 1 unspecified atom stereocenters. The van der Waals surface area contributed by atoms with Crippen LogP contribution in [0.25, 0.3) is 0 Å². The van der Waals surface area contributed by atoms with Crippen LogP contribution >= 0.6 is 0 Å². The molecule has 106 valence electrons. The third-order valence-corrected chi connectivity index (χ3v) is 3.86. The summed E-state index contributed by atoms with van der Waals surface area (Å²) >= 11 is 0. The van der Waals surface area contributed by atoms with Crippen molar-refractivity contribution in [2.24, 2.45) is 5.92 Å². The molecule has 1 fully saturated rings. The number of hydrogen-bond acceptors (Lipinski definition) is 4. The number of pyridine rings is 1. The number of ether oxygens (including phenoxy) is 2. The maximum atomic E-state index is 5.61. The fraction of sp³-hybridized carbons (Fsp3) is 0.667. The first-order chi connectivity index (χ1) is 9.28. The van der Waals surface area contributed by atoms with Gasteiger partial charge in [0.1, 0.15) is 5.75 Å². The summed E-state index contributed by atoms with van der Waals surface area (Å²) < 4.78 is 11.0. The molecular formula is C15H24N2O2. The standard InChI is InChI=1S/C15H24N2O2/c1-4-19-12-8-11(9-12)10-13(16-2)15-14(18-3)6-5-7-17-15/h5-7,11-13,16H,4,8-10H2,1-3H3. The van der Waals surface area contributed by atoms with E-state index >= 15 is 0 Å². The number of hydrogen-bond donors (Lipinski definition) is 1. The molecule has 0 aromatic carbocycles. The van der Waals surface area contributed by atoms with Crippen LogP contribution in [0.2, 0.25) is 0 Å². The van der Waals surface area contributed by atoms with Crippen LogP contribution in [-0.4, -0.2) is 31.9 Å². The van der Waals surface area contributed by atoms with Gasteiger partial charge in [-0.25, -0.2) is 0 Å². The fourth-order valence-corrected chi connectivity index (χ4v) is 2.78. The zero-order valence-corrected chi connectivity index (χ0v) is 12.1. The molecule has 1 atom stereocenters. The third kappa shape index (κ3) is 3.45. The fourth-order valence-electron chi connectivity index (χ4n) is 2.78. The minimum atomic E-state index is 0.253. The van der Waals surface area contributed by atoms with E-state index < -0.39 is 0 Å². The van der Waals surface area contributed by atoms with E-state index in [-0.39, 0.29) is 6.04 Å². The molecule has 1 N–H and O–H groups in total. The first-order valence-electron chi connectivity index (χ1n) is 7.06. The van der Waals surface area contributed by atoms with Crippen molar-refractivity contribution >= 4 is 0 Å². The molecule has 2 rings (SSSR count). The average Bonchev–Trinajstić information content (AvgIpc) is 2.41. The second-order valence-corrected chi connectivity index (χ2v) is 5.08. The van der Waals surface area contributed by atoms with E-state index in [0.29, 0.717) is 6.10 Å². The van der Waals surface area contributed by atoms with Crippen LogP contribution in [0.4, 0.5) is 0 Å². The average molecular weight is 264 g/mol. The summed E-state index contributed by atoms with van der Waals surface area (Å²) in [5.74, 6) is 1.59. The Hall–Kier alpha value is -1.13. The lowest BCUT2D eigenvalue weighted by Gasteiger charge is -2.37. The lowest BCUT2D eigenvalue weighted by Crippen LogP contribution is -2.34. The van der Waals surface area contributed by atoms with Gasteiger partial charge >= 0.3 is 0 Å². The highest BCUT2D eigenvalue weighted by Crippen LogP contribution is 2.37. The van der Waals surface area contributed by atoms with Gasteiger partial charge in [-0.1, -0.05) is 0 Å². The lowest BCUT2D eigenvalue weighted by atomic mass is 9.77. The van der Waals surface area contributed by atoms with Crippen LogP contribution < -0.4 is 10.1 Å². The van der Waals surface area contributed by atoms with Crippen LogP contribution in [0.3, 0.4) is 0 Å². The van der Waals surface area contributed by atoms with E-state index in [9.17, 15) is 0 Å². The van der Waals surface area contributed by atoms with Crippen LogP contribution in [0.15, 0.2) is 18.3 Å². The van der Waals surface area contributed by atoms with Gasteiger partial charge in [-0.05, 0) is 51.3 Å². The summed E-state index contributed by atoms with van der Waals surface area (Å²) in [4.78, 5) is 4.47. The number of rotatable bonds is 7. The van der Waals surface area contributed by atoms with Crippen molar-refractivity contribution in [2.75, 3.05) is 20.8 Å². The molecule has 1 aliphatic carbocycles. The number of nitrogens with zero attached hydrogens (tertiary/aromatic N) is 1. The van der Waals surface area contributed by atoms with Crippen molar-refractivity contribution in [3.8, 4) is 5.75 Å². The summed E-state index contributed by atoms with van der Waals surface area (Å²) in [6, 6.07) is 4.13. The summed E-state index contributed by atoms with van der Waals surface area (Å²) in [7, 11) is 3.68. The molecule has 0 bridgehead atoms. The first kappa shape index (κ1) is 14.3. The van der Waals surface area contributed by atoms with E-state index in [1.165, 1.54) is 12.8 Å². The molecule has 1 aromatic rings. The SMILES string of the molecule is CCOC1CC(CC(NC)c2ncccc2OC)C1. The summed E-state index contributed by atoms with van der Waals surface area (Å²) in [6.07, 6.45) is 5.72. The quantitative estimate of drug-likeness (QED) is 0.822. The van der Waals surface area contributed by atoms with Gasteiger partial charge < -0.3 is 14.8 Å². The molecule has 0 radical (unpaired) electrons. The van der Waals surface area contributed by atoms with Crippen LogP contribution in [-0.2, 0) is 4.74 Å². The highest BCUT2D eigenvalue weighted by molar-refractivity contribution is 5.29. The van der Waals surface area contributed by atoms with E-state index in [4.69, 9.17) is 9.47 Å². The lowest BCUT2D eigenvalue weighted by molar-refractivity contribution is -0.0291. The van der Waals surface area contributed by atoms with Gasteiger partial charge in [-0.15, -0.1) is 0 Å². The highest BCUT2D eigenvalue weighted by Gasteiger charge is 2.32. The summed E-state index contributed by atoms with van der Waals surface area (Å²) in [5, 5.41) is 3.36. The smallest absolute Gasteiger partial charge is 0.141 e. The second kappa shape index (κ2) is 6.87. The monoisotopic (exact) mass is 264 g/mol. The maximum absolute atomic E-state index is 5.61. The molecule has 0 aliphatic heterocycles. The Morgan fingerprint density at radius 2 is 2.26 bits per heavy atom. The molecule has 1 aromatic heterocycles. The van der Waals surface area contributed by atoms with Crippen molar-refractivity contribution in [1.82, 2.24) is 10.3 Å². The normalized spacial score (nSPS) is 23.7. The Bertz CT molecular complexity index is 391. The van der Waals surface area contributed by atoms with Crippen LogP contribution in [0.5, 0.6) is 5.75 Å². The Kier molecular flexibility index (Phi) is 5.16. The molecule has 4 nitrogen and oxygen atoms in total. The topological polar surface area (TPSA) is 43.4 Å². The number of methoxy groups -OCH3 is 1. The predicted octanol–water partition coefficient (Wildman–Crippen LogP) is 2.56. The van der Waals surface area contributed by atoms with Crippen molar-refractivity contribution in [3.63, 3.8) is 0 Å². The molecule has 19 heavy (non-hydrogen) atoms. The molecule has 0 spiro atoms. The van der Waals surface area contributed by atoms with Gasteiger partial charge in [0.05, 0.1) is 24.9 Å². The molecule has 4 heteroatoms. The van der Waals surface area contributed by atoms with Crippen molar-refractivity contribution in [3.05, 3.63) is 24.0 Å². The first-order valence-corrected chi connectivity index (χ1v) is 7.06. The van der Waals surface area contributed by atoms with E-state index in [1.807, 2.05) is 25.4 Å². The molecule has 0 amide bonds. The van der Waals surface area contributed by atoms with Crippen molar-refractivity contribution < 1.29 is 9.47 Å². The third-order valence-electron chi connectivity index (χ3n) is 3.86. The van der Waals surface area contributed by atoms with Gasteiger partial charge in [0.2, 0.25) is 0 Å². The zero-order chi connectivity index (χ0) is 13.7. The maximum Gasteiger partial charge on any atom is 0.141 e. The van der Waals surface area contributed by atoms with E-state index in [1.54, 1.807) is 7.11 Å². The molecule has 1 aliphatic rings. The van der Waals surface area contributed by atoms with Crippen molar-refractivity contribution in [2.45, 2.75) is 38.3 Å². The molecule has 1 saturated carbocycles. The number of nitrogens with one attached hydrogen (secondary N) is 1. The Morgan fingerprint density at radius 3 is 2.89 bits per heavy atom. The van der Waals surface area contributed by atoms with Gasteiger partial charge in [-0.2, -0.15) is 0 Å². The second-order valence-electron chi connectivity index (χ2n) is 5.08. The highest BCUT2D eigenvalue weighted by atomic mass is 16.5. The zero-order valence-electron chi connectivity index (χ0n) is 12.1. The van der Waals surface area contributed by atoms with Crippen LogP contribution in [0.1, 0.15) is 37.9 Å². The van der Waals surface area contributed by atoms with Gasteiger partial charge in [-0.3, -0.25) is 4.98 Å². The van der Waals surface area contributed by atoms with E-state index in [0.717, 1.165) is 30.4 Å². The Morgan fingerprint density at radius 1 is 1.47 bits per heavy atom. The number of aromatic nitrogens is 1. The molecule has 1 heterocycles. The van der Waals surface area contributed by atoms with Gasteiger partial charge in [0, 0.05) is 12.8 Å². The van der Waals surface area contributed by atoms with Crippen molar-refractivity contribution in [1.29, 1.82) is 0 Å².